The predicted octanol–water partition coefficient (Wildman–Crippen LogP) is 2.69. The van der Waals surface area contributed by atoms with E-state index in [0.717, 1.165) is 22.2 Å². The molecule has 88 valence electrons. The van der Waals surface area contributed by atoms with Crippen molar-refractivity contribution < 1.29 is 0 Å². The van der Waals surface area contributed by atoms with Crippen molar-refractivity contribution in [1.82, 2.24) is 9.55 Å². The molecular weight excluding hydrogens is 224 g/mol. The average Bonchev–Trinajstić information content (AvgIpc) is 2.39. The third-order valence-corrected chi connectivity index (χ3v) is 2.91. The summed E-state index contributed by atoms with van der Waals surface area (Å²) < 4.78 is 1.57. The summed E-state index contributed by atoms with van der Waals surface area (Å²) in [4.78, 5) is 16.1. The molecule has 3 heteroatoms. The molecule has 0 aliphatic carbocycles. The van der Waals surface area contributed by atoms with Gasteiger partial charge in [0.25, 0.3) is 0 Å². The Labute approximate surface area is 104 Å². The second-order valence-electron chi connectivity index (χ2n) is 4.29. The molecule has 0 N–H and O–H groups in total. The van der Waals surface area contributed by atoms with Gasteiger partial charge in [0.05, 0.1) is 11.2 Å². The number of aryl methyl sites for hydroxylation is 1. The highest BCUT2D eigenvalue weighted by Crippen LogP contribution is 2.13. The number of nitrogens with zero attached hydrogens (tertiary/aromatic N) is 2. The highest BCUT2D eigenvalue weighted by atomic mass is 16.1. The summed E-state index contributed by atoms with van der Waals surface area (Å²) in [5.41, 5.74) is 2.47. The van der Waals surface area contributed by atoms with E-state index in [9.17, 15) is 4.79 Å². The first-order valence-electron chi connectivity index (χ1n) is 5.79. The highest BCUT2D eigenvalue weighted by molar-refractivity contribution is 5.78. The van der Waals surface area contributed by atoms with Crippen molar-refractivity contribution in [2.45, 2.75) is 6.92 Å². The standard InChI is InChI=1S/C15H12N2O/c1-11-7-8-14-12(9-11)10-17(15(18)16-14)13-5-3-2-4-6-13/h2-10H,1H3. The molecule has 0 amide bonds. The van der Waals surface area contributed by atoms with E-state index in [1.165, 1.54) is 0 Å². The smallest absolute Gasteiger partial charge is 0.267 e. The molecule has 3 nitrogen and oxygen atoms in total. The van der Waals surface area contributed by atoms with Crippen LogP contribution in [0, 0.1) is 6.92 Å². The summed E-state index contributed by atoms with van der Waals surface area (Å²) in [5, 5.41) is 0.971. The second kappa shape index (κ2) is 4.11. The number of para-hydroxylation sites is 1. The largest absolute Gasteiger partial charge is 0.352 e. The van der Waals surface area contributed by atoms with Crippen LogP contribution in [0.4, 0.5) is 0 Å². The van der Waals surface area contributed by atoms with Gasteiger partial charge in [-0.15, -0.1) is 0 Å². The monoisotopic (exact) mass is 236 g/mol. The zero-order valence-corrected chi connectivity index (χ0v) is 10.00. The first kappa shape index (κ1) is 10.7. The van der Waals surface area contributed by atoms with Gasteiger partial charge in [-0.1, -0.05) is 29.8 Å². The zero-order valence-electron chi connectivity index (χ0n) is 10.00. The molecule has 0 aliphatic heterocycles. The Morgan fingerprint density at radius 2 is 1.83 bits per heavy atom. The summed E-state index contributed by atoms with van der Waals surface area (Å²) in [6.07, 6.45) is 1.84. The molecule has 3 aromatic rings. The lowest BCUT2D eigenvalue weighted by molar-refractivity contribution is 0.938. The van der Waals surface area contributed by atoms with Gasteiger partial charge in [-0.05, 0) is 31.2 Å². The molecule has 3 rings (SSSR count). The normalized spacial score (nSPS) is 10.7. The van der Waals surface area contributed by atoms with Crippen LogP contribution in [0.3, 0.4) is 0 Å². The lowest BCUT2D eigenvalue weighted by Crippen LogP contribution is -2.20. The van der Waals surface area contributed by atoms with E-state index in [4.69, 9.17) is 0 Å². The molecule has 0 aliphatic rings. The Kier molecular flexibility index (Phi) is 2.45. The van der Waals surface area contributed by atoms with E-state index < -0.39 is 0 Å². The van der Waals surface area contributed by atoms with Crippen LogP contribution in [0.15, 0.2) is 59.5 Å². The number of benzene rings is 2. The molecule has 0 atom stereocenters. The van der Waals surface area contributed by atoms with Crippen molar-refractivity contribution in [2.24, 2.45) is 0 Å². The molecule has 1 heterocycles. The minimum absolute atomic E-state index is 0.252. The minimum Gasteiger partial charge on any atom is -0.267 e. The number of hydrogen-bond acceptors (Lipinski definition) is 2. The van der Waals surface area contributed by atoms with Crippen molar-refractivity contribution in [3.8, 4) is 5.69 Å². The molecule has 0 unspecified atom stereocenters. The molecule has 0 saturated carbocycles. The maximum atomic E-state index is 12.0. The third-order valence-electron chi connectivity index (χ3n) is 2.91. The van der Waals surface area contributed by atoms with Crippen molar-refractivity contribution in [3.63, 3.8) is 0 Å². The molecular formula is C15H12N2O. The fourth-order valence-electron chi connectivity index (χ4n) is 2.00. The van der Waals surface area contributed by atoms with Crippen LogP contribution in [0.5, 0.6) is 0 Å². The maximum absolute atomic E-state index is 12.0. The van der Waals surface area contributed by atoms with Crippen molar-refractivity contribution in [1.29, 1.82) is 0 Å². The molecule has 1 aromatic heterocycles. The van der Waals surface area contributed by atoms with Crippen LogP contribution in [-0.2, 0) is 0 Å². The topological polar surface area (TPSA) is 34.9 Å². The Morgan fingerprint density at radius 3 is 2.61 bits per heavy atom. The highest BCUT2D eigenvalue weighted by Gasteiger charge is 2.03. The fraction of sp³-hybridized carbons (Fsp3) is 0.0667. The summed E-state index contributed by atoms with van der Waals surface area (Å²) >= 11 is 0. The SMILES string of the molecule is Cc1ccc2nc(=O)n(-c3ccccc3)cc2c1. The molecule has 0 fully saturated rings. The quantitative estimate of drug-likeness (QED) is 0.651. The molecule has 0 radical (unpaired) electrons. The number of hydrogen-bond donors (Lipinski definition) is 0. The first-order chi connectivity index (χ1) is 8.74. The van der Waals surface area contributed by atoms with Crippen LogP contribution in [0.1, 0.15) is 5.56 Å². The summed E-state index contributed by atoms with van der Waals surface area (Å²) in [6, 6.07) is 15.4. The Morgan fingerprint density at radius 1 is 1.06 bits per heavy atom. The van der Waals surface area contributed by atoms with E-state index in [-0.39, 0.29) is 5.69 Å². The number of fused-ring (bicyclic) bond motifs is 1. The Bertz CT molecular complexity index is 760. The lowest BCUT2D eigenvalue weighted by Gasteiger charge is -2.06. The maximum Gasteiger partial charge on any atom is 0.352 e. The van der Waals surface area contributed by atoms with Gasteiger partial charge in [0.1, 0.15) is 0 Å². The van der Waals surface area contributed by atoms with Gasteiger partial charge in [-0.25, -0.2) is 4.79 Å². The van der Waals surface area contributed by atoms with Crippen LogP contribution < -0.4 is 5.69 Å². The van der Waals surface area contributed by atoms with Crippen LogP contribution in [0.2, 0.25) is 0 Å². The van der Waals surface area contributed by atoms with E-state index in [2.05, 4.69) is 4.98 Å². The van der Waals surface area contributed by atoms with E-state index in [0.29, 0.717) is 0 Å². The van der Waals surface area contributed by atoms with Gasteiger partial charge in [-0.3, -0.25) is 4.57 Å². The van der Waals surface area contributed by atoms with Gasteiger partial charge in [0.2, 0.25) is 0 Å². The van der Waals surface area contributed by atoms with Gasteiger partial charge in [0.15, 0.2) is 0 Å². The van der Waals surface area contributed by atoms with Crippen LogP contribution >= 0.6 is 0 Å². The number of aromatic nitrogens is 2. The summed E-state index contributed by atoms with van der Waals surface area (Å²) in [6.45, 7) is 2.03. The van der Waals surface area contributed by atoms with Crippen LogP contribution in [-0.4, -0.2) is 9.55 Å². The Balaban J connectivity index is 2.31. The molecule has 0 bridgehead atoms. The number of rotatable bonds is 1. The molecule has 0 spiro atoms. The van der Waals surface area contributed by atoms with Gasteiger partial charge < -0.3 is 0 Å². The Hall–Kier alpha value is -2.42. The lowest BCUT2D eigenvalue weighted by atomic mass is 10.2. The summed E-state index contributed by atoms with van der Waals surface area (Å²) in [7, 11) is 0. The van der Waals surface area contributed by atoms with Crippen LogP contribution in [0.25, 0.3) is 16.6 Å². The van der Waals surface area contributed by atoms with Crippen molar-refractivity contribution >= 4 is 10.9 Å². The van der Waals surface area contributed by atoms with Gasteiger partial charge in [0, 0.05) is 11.6 Å². The van der Waals surface area contributed by atoms with E-state index in [1.54, 1.807) is 4.57 Å². The van der Waals surface area contributed by atoms with Crippen molar-refractivity contribution in [2.75, 3.05) is 0 Å². The molecule has 2 aromatic carbocycles. The molecule has 0 saturated heterocycles. The van der Waals surface area contributed by atoms with E-state index >= 15 is 0 Å². The third kappa shape index (κ3) is 1.80. The average molecular weight is 236 g/mol. The zero-order chi connectivity index (χ0) is 12.5. The summed E-state index contributed by atoms with van der Waals surface area (Å²) in [5.74, 6) is 0. The minimum atomic E-state index is -0.252. The first-order valence-corrected chi connectivity index (χ1v) is 5.79. The van der Waals surface area contributed by atoms with E-state index in [1.807, 2.05) is 61.7 Å². The fourth-order valence-corrected chi connectivity index (χ4v) is 2.00. The molecule has 18 heavy (non-hydrogen) atoms. The van der Waals surface area contributed by atoms with Crippen molar-refractivity contribution in [3.05, 3.63) is 70.8 Å². The predicted molar refractivity (Wildman–Crippen MR) is 72.1 cm³/mol. The second-order valence-corrected chi connectivity index (χ2v) is 4.29. The van der Waals surface area contributed by atoms with Gasteiger partial charge >= 0.3 is 5.69 Å². The van der Waals surface area contributed by atoms with Gasteiger partial charge in [-0.2, -0.15) is 4.98 Å².